The molecule has 1 aromatic carbocycles. The summed E-state index contributed by atoms with van der Waals surface area (Å²) in [7, 11) is 0. The van der Waals surface area contributed by atoms with Gasteiger partial charge in [-0.15, -0.1) is 0 Å². The van der Waals surface area contributed by atoms with Gasteiger partial charge in [-0.05, 0) is 31.9 Å². The zero-order chi connectivity index (χ0) is 18.1. The molecule has 0 bridgehead atoms. The average molecular weight is 344 g/mol. The van der Waals surface area contributed by atoms with Crippen LogP contribution in [0.3, 0.4) is 0 Å². The fourth-order valence-electron chi connectivity index (χ4n) is 2.87. The second kappa shape index (κ2) is 6.58. The lowest BCUT2D eigenvalue weighted by molar-refractivity contribution is -0.156. The SMILES string of the molecule is Cc1ccc2c(CC(=O)O[C@H](C)C(=O)N3CCNC3=O)coc2c1C. The van der Waals surface area contributed by atoms with Gasteiger partial charge in [-0.3, -0.25) is 14.5 Å². The zero-order valence-corrected chi connectivity index (χ0v) is 14.4. The van der Waals surface area contributed by atoms with Crippen molar-refractivity contribution >= 4 is 28.9 Å². The second-order valence-electron chi connectivity index (χ2n) is 6.18. The smallest absolute Gasteiger partial charge is 0.324 e. The minimum atomic E-state index is -1.02. The summed E-state index contributed by atoms with van der Waals surface area (Å²) in [5.74, 6) is -1.06. The highest BCUT2D eigenvalue weighted by atomic mass is 16.5. The lowest BCUT2D eigenvalue weighted by Gasteiger charge is -2.18. The molecule has 7 heteroatoms. The number of imide groups is 1. The van der Waals surface area contributed by atoms with Crippen LogP contribution >= 0.6 is 0 Å². The topological polar surface area (TPSA) is 88.9 Å². The van der Waals surface area contributed by atoms with Gasteiger partial charge in [0, 0.05) is 24.0 Å². The molecule has 2 aromatic rings. The van der Waals surface area contributed by atoms with Crippen LogP contribution in [0.2, 0.25) is 0 Å². The maximum Gasteiger partial charge on any atom is 0.324 e. The molecule has 1 fully saturated rings. The first kappa shape index (κ1) is 17.0. The van der Waals surface area contributed by atoms with Crippen LogP contribution in [0.4, 0.5) is 4.79 Å². The molecule has 1 atom stereocenters. The summed E-state index contributed by atoms with van der Waals surface area (Å²) in [6.07, 6.45) is 0.524. The Labute approximate surface area is 144 Å². The number of esters is 1. The third-order valence-electron chi connectivity index (χ3n) is 4.46. The molecule has 1 aromatic heterocycles. The second-order valence-corrected chi connectivity index (χ2v) is 6.18. The minimum absolute atomic E-state index is 0.000677. The first-order valence-corrected chi connectivity index (χ1v) is 8.13. The number of fused-ring (bicyclic) bond motifs is 1. The standard InChI is InChI=1S/C18H20N2O5/c1-10-4-5-14-13(9-24-16(14)11(10)2)8-15(21)25-12(3)17(22)20-7-6-19-18(20)23/h4-5,9,12H,6-8H2,1-3H3,(H,19,23)/t12-/m1/s1. The van der Waals surface area contributed by atoms with E-state index in [1.807, 2.05) is 26.0 Å². The van der Waals surface area contributed by atoms with E-state index in [4.69, 9.17) is 9.15 Å². The van der Waals surface area contributed by atoms with Crippen LogP contribution in [-0.4, -0.2) is 42.0 Å². The molecule has 3 rings (SSSR count). The molecule has 1 aliphatic rings. The number of ether oxygens (including phenoxy) is 1. The average Bonchev–Trinajstić information content (AvgIpc) is 3.17. The normalized spacial score (nSPS) is 15.3. The van der Waals surface area contributed by atoms with Gasteiger partial charge in [-0.25, -0.2) is 4.79 Å². The van der Waals surface area contributed by atoms with Crippen molar-refractivity contribution in [2.45, 2.75) is 33.3 Å². The van der Waals surface area contributed by atoms with Gasteiger partial charge in [0.25, 0.3) is 5.91 Å². The van der Waals surface area contributed by atoms with Gasteiger partial charge in [-0.2, -0.15) is 0 Å². The maximum absolute atomic E-state index is 12.2. The van der Waals surface area contributed by atoms with Crippen LogP contribution in [0.15, 0.2) is 22.8 Å². The van der Waals surface area contributed by atoms with E-state index in [1.54, 1.807) is 6.26 Å². The lowest BCUT2D eigenvalue weighted by atomic mass is 10.0. The Morgan fingerprint density at radius 3 is 2.80 bits per heavy atom. The number of hydrogen-bond donors (Lipinski definition) is 1. The van der Waals surface area contributed by atoms with Crippen LogP contribution in [0.25, 0.3) is 11.0 Å². The molecule has 0 unspecified atom stereocenters. The Morgan fingerprint density at radius 1 is 1.36 bits per heavy atom. The van der Waals surface area contributed by atoms with Gasteiger partial charge >= 0.3 is 12.0 Å². The molecule has 0 saturated carbocycles. The van der Waals surface area contributed by atoms with Crippen LogP contribution in [0.1, 0.15) is 23.6 Å². The number of carbonyl (C=O) groups is 3. The van der Waals surface area contributed by atoms with E-state index in [9.17, 15) is 14.4 Å². The lowest BCUT2D eigenvalue weighted by Crippen LogP contribution is -2.42. The number of nitrogens with one attached hydrogen (secondary N) is 1. The maximum atomic E-state index is 12.2. The van der Waals surface area contributed by atoms with Gasteiger partial charge < -0.3 is 14.5 Å². The number of amides is 3. The predicted molar refractivity (Wildman–Crippen MR) is 90.1 cm³/mol. The summed E-state index contributed by atoms with van der Waals surface area (Å²) in [4.78, 5) is 36.9. The number of urea groups is 1. The third kappa shape index (κ3) is 3.22. The quantitative estimate of drug-likeness (QED) is 0.858. The van der Waals surface area contributed by atoms with Crippen molar-refractivity contribution in [3.05, 3.63) is 35.1 Å². The largest absolute Gasteiger partial charge is 0.464 e. The molecule has 3 amide bonds. The van der Waals surface area contributed by atoms with E-state index in [1.165, 1.54) is 6.92 Å². The highest BCUT2D eigenvalue weighted by Gasteiger charge is 2.31. The Kier molecular flexibility index (Phi) is 4.48. The fourth-order valence-corrected chi connectivity index (χ4v) is 2.87. The van der Waals surface area contributed by atoms with E-state index in [2.05, 4.69) is 5.32 Å². The van der Waals surface area contributed by atoms with Crippen molar-refractivity contribution in [3.8, 4) is 0 Å². The number of rotatable bonds is 4. The summed E-state index contributed by atoms with van der Waals surface area (Å²) in [5, 5.41) is 3.40. The van der Waals surface area contributed by atoms with Crippen molar-refractivity contribution in [1.29, 1.82) is 0 Å². The summed E-state index contributed by atoms with van der Waals surface area (Å²) in [6.45, 7) is 6.11. The van der Waals surface area contributed by atoms with Crippen LogP contribution < -0.4 is 5.32 Å². The Morgan fingerprint density at radius 2 is 2.12 bits per heavy atom. The molecule has 2 heterocycles. The van der Waals surface area contributed by atoms with Gasteiger partial charge in [0.2, 0.25) is 0 Å². The van der Waals surface area contributed by atoms with Crippen LogP contribution in [-0.2, 0) is 20.7 Å². The van der Waals surface area contributed by atoms with Crippen molar-refractivity contribution in [2.75, 3.05) is 13.1 Å². The molecule has 0 radical (unpaired) electrons. The number of aryl methyl sites for hydroxylation is 2. The summed E-state index contributed by atoms with van der Waals surface area (Å²) in [6, 6.07) is 3.42. The molecular formula is C18H20N2O5. The molecule has 1 N–H and O–H groups in total. The first-order chi connectivity index (χ1) is 11.9. The predicted octanol–water partition coefficient (Wildman–Crippen LogP) is 2.08. The number of hydrogen-bond acceptors (Lipinski definition) is 5. The van der Waals surface area contributed by atoms with Crippen molar-refractivity contribution in [1.82, 2.24) is 10.2 Å². The number of carbonyl (C=O) groups excluding carboxylic acids is 3. The van der Waals surface area contributed by atoms with Crippen molar-refractivity contribution in [3.63, 3.8) is 0 Å². The molecule has 0 aliphatic carbocycles. The van der Waals surface area contributed by atoms with Crippen LogP contribution in [0, 0.1) is 13.8 Å². The van der Waals surface area contributed by atoms with E-state index < -0.39 is 24.0 Å². The number of benzene rings is 1. The van der Waals surface area contributed by atoms with Crippen molar-refractivity contribution < 1.29 is 23.5 Å². The fraction of sp³-hybridized carbons (Fsp3) is 0.389. The first-order valence-electron chi connectivity index (χ1n) is 8.13. The molecule has 1 aliphatic heterocycles. The van der Waals surface area contributed by atoms with E-state index >= 15 is 0 Å². The Hall–Kier alpha value is -2.83. The molecule has 1 saturated heterocycles. The Bertz CT molecular complexity index is 855. The van der Waals surface area contributed by atoms with E-state index in [0.717, 1.165) is 27.0 Å². The molecule has 0 spiro atoms. The van der Waals surface area contributed by atoms with Crippen molar-refractivity contribution in [2.24, 2.45) is 0 Å². The van der Waals surface area contributed by atoms with Gasteiger partial charge in [0.05, 0.1) is 12.7 Å². The van der Waals surface area contributed by atoms with Gasteiger partial charge in [-0.1, -0.05) is 12.1 Å². The third-order valence-corrected chi connectivity index (χ3v) is 4.46. The van der Waals surface area contributed by atoms with Gasteiger partial charge in [0.15, 0.2) is 6.10 Å². The van der Waals surface area contributed by atoms with E-state index in [0.29, 0.717) is 12.1 Å². The molecule has 25 heavy (non-hydrogen) atoms. The molecule has 7 nitrogen and oxygen atoms in total. The number of nitrogens with zero attached hydrogens (tertiary/aromatic N) is 1. The summed E-state index contributed by atoms with van der Waals surface area (Å²) < 4.78 is 10.8. The molecule has 132 valence electrons. The minimum Gasteiger partial charge on any atom is -0.464 e. The van der Waals surface area contributed by atoms with Crippen LogP contribution in [0.5, 0.6) is 0 Å². The summed E-state index contributed by atoms with van der Waals surface area (Å²) in [5.41, 5.74) is 3.60. The monoisotopic (exact) mass is 344 g/mol. The molecular weight excluding hydrogens is 324 g/mol. The highest BCUT2D eigenvalue weighted by molar-refractivity contribution is 5.98. The Balaban J connectivity index is 1.67. The van der Waals surface area contributed by atoms with E-state index in [-0.39, 0.29) is 13.0 Å². The van der Waals surface area contributed by atoms with Gasteiger partial charge in [0.1, 0.15) is 5.58 Å². The highest BCUT2D eigenvalue weighted by Crippen LogP contribution is 2.27. The zero-order valence-electron chi connectivity index (χ0n) is 14.4. The number of furan rings is 1. The summed E-state index contributed by atoms with van der Waals surface area (Å²) >= 11 is 0.